The van der Waals surface area contributed by atoms with Crippen LogP contribution in [-0.2, 0) is 12.7 Å². The number of hydrogen-bond donors (Lipinski definition) is 0. The minimum atomic E-state index is -4.43. The number of hydrazone groups is 1. The molecule has 4 aromatic rings. The van der Waals surface area contributed by atoms with Crippen molar-refractivity contribution in [2.75, 3.05) is 5.01 Å². The molecular formula is C24H17ClF3N5. The van der Waals surface area contributed by atoms with Crippen molar-refractivity contribution in [1.82, 2.24) is 14.8 Å². The van der Waals surface area contributed by atoms with E-state index < -0.39 is 11.7 Å². The van der Waals surface area contributed by atoms with Crippen LogP contribution in [0, 0.1) is 6.92 Å². The third-order valence-corrected chi connectivity index (χ3v) is 5.62. The monoisotopic (exact) mass is 467 g/mol. The Morgan fingerprint density at radius 2 is 1.67 bits per heavy atom. The molecule has 1 aliphatic heterocycles. The number of anilines is 1. The summed E-state index contributed by atoms with van der Waals surface area (Å²) in [6.45, 7) is 1.90. The Bertz CT molecular complexity index is 1360. The molecule has 0 amide bonds. The number of nitrogens with zero attached hydrogens (tertiary/aromatic N) is 5. The Morgan fingerprint density at radius 3 is 2.42 bits per heavy atom. The fourth-order valence-corrected chi connectivity index (χ4v) is 3.96. The summed E-state index contributed by atoms with van der Waals surface area (Å²) in [5.74, 6) is 1.06. The predicted molar refractivity (Wildman–Crippen MR) is 121 cm³/mol. The second-order valence-electron chi connectivity index (χ2n) is 7.61. The SMILES string of the molecule is Cc1nnc2n1-c1ccccc1C(c1ccc(Cl)cc1)=NN2Cc1cccc(C(F)(F)F)c1. The largest absolute Gasteiger partial charge is 0.416 e. The molecule has 0 bridgehead atoms. The maximum Gasteiger partial charge on any atom is 0.416 e. The van der Waals surface area contributed by atoms with Crippen molar-refractivity contribution >= 4 is 23.3 Å². The highest BCUT2D eigenvalue weighted by molar-refractivity contribution is 6.30. The lowest BCUT2D eigenvalue weighted by Gasteiger charge is -2.18. The van der Waals surface area contributed by atoms with E-state index in [0.29, 0.717) is 28.1 Å². The van der Waals surface area contributed by atoms with Gasteiger partial charge >= 0.3 is 6.18 Å². The van der Waals surface area contributed by atoms with Gasteiger partial charge in [-0.15, -0.1) is 10.2 Å². The molecule has 0 radical (unpaired) electrons. The molecule has 3 aromatic carbocycles. The summed E-state index contributed by atoms with van der Waals surface area (Å²) < 4.78 is 41.7. The quantitative estimate of drug-likeness (QED) is 0.370. The number of halogens is 4. The standard InChI is InChI=1S/C24H17ClF3N5/c1-15-29-30-23-32(14-16-5-4-6-18(13-16)24(26,27)28)31-22(17-9-11-19(25)12-10-17)20-7-2-3-8-21(20)33(15)23/h2-13H,14H2,1H3. The fraction of sp³-hybridized carbons (Fsp3) is 0.125. The minimum absolute atomic E-state index is 0.0765. The molecule has 0 saturated carbocycles. The van der Waals surface area contributed by atoms with E-state index in [1.165, 1.54) is 6.07 Å². The van der Waals surface area contributed by atoms with Crippen molar-refractivity contribution in [2.24, 2.45) is 5.10 Å². The number of benzene rings is 3. The first kappa shape index (κ1) is 21.2. The zero-order chi connectivity index (χ0) is 23.2. The molecule has 1 aliphatic rings. The van der Waals surface area contributed by atoms with Crippen LogP contribution < -0.4 is 5.01 Å². The van der Waals surface area contributed by atoms with Crippen LogP contribution in [0.5, 0.6) is 0 Å². The smallest absolute Gasteiger partial charge is 0.263 e. The number of para-hydroxylation sites is 1. The molecule has 33 heavy (non-hydrogen) atoms. The van der Waals surface area contributed by atoms with Gasteiger partial charge in [0.25, 0.3) is 5.95 Å². The number of aryl methyl sites for hydroxylation is 1. The summed E-state index contributed by atoms with van der Waals surface area (Å²) in [6, 6.07) is 20.2. The van der Waals surface area contributed by atoms with Gasteiger partial charge in [0.15, 0.2) is 0 Å². The second kappa shape index (κ2) is 8.04. The Balaban J connectivity index is 1.68. The van der Waals surface area contributed by atoms with E-state index >= 15 is 0 Å². The Labute approximate surface area is 192 Å². The Kier molecular flexibility index (Phi) is 5.17. The predicted octanol–water partition coefficient (Wildman–Crippen LogP) is 6.02. The summed E-state index contributed by atoms with van der Waals surface area (Å²) in [4.78, 5) is 0. The van der Waals surface area contributed by atoms with Crippen LogP contribution >= 0.6 is 11.6 Å². The fourth-order valence-electron chi connectivity index (χ4n) is 3.83. The molecule has 0 unspecified atom stereocenters. The first-order valence-electron chi connectivity index (χ1n) is 10.1. The Morgan fingerprint density at radius 1 is 0.909 bits per heavy atom. The van der Waals surface area contributed by atoms with E-state index in [1.807, 2.05) is 47.9 Å². The lowest BCUT2D eigenvalue weighted by atomic mass is 10.0. The van der Waals surface area contributed by atoms with Crippen LogP contribution in [0.2, 0.25) is 5.02 Å². The van der Waals surface area contributed by atoms with Crippen molar-refractivity contribution in [3.63, 3.8) is 0 Å². The molecule has 1 aromatic heterocycles. The first-order valence-corrected chi connectivity index (χ1v) is 10.5. The van der Waals surface area contributed by atoms with Crippen LogP contribution in [0.3, 0.4) is 0 Å². The highest BCUT2D eigenvalue weighted by Gasteiger charge is 2.31. The molecule has 0 fully saturated rings. The Hall–Kier alpha value is -3.65. The summed E-state index contributed by atoms with van der Waals surface area (Å²) in [5, 5.41) is 15.5. The summed E-state index contributed by atoms with van der Waals surface area (Å²) in [5.41, 5.74) is 2.88. The number of aromatic nitrogens is 3. The average Bonchev–Trinajstić information content (AvgIpc) is 3.11. The highest BCUT2D eigenvalue weighted by Crippen LogP contribution is 2.33. The van der Waals surface area contributed by atoms with Crippen LogP contribution in [0.25, 0.3) is 5.69 Å². The molecule has 0 saturated heterocycles. The van der Waals surface area contributed by atoms with Crippen molar-refractivity contribution in [2.45, 2.75) is 19.6 Å². The molecular weight excluding hydrogens is 451 g/mol. The van der Waals surface area contributed by atoms with E-state index in [4.69, 9.17) is 16.7 Å². The van der Waals surface area contributed by atoms with Gasteiger partial charge in [0.05, 0.1) is 17.8 Å². The highest BCUT2D eigenvalue weighted by atomic mass is 35.5. The molecule has 0 N–H and O–H groups in total. The molecule has 5 rings (SSSR count). The zero-order valence-electron chi connectivity index (χ0n) is 17.4. The average molecular weight is 468 g/mol. The lowest BCUT2D eigenvalue weighted by molar-refractivity contribution is -0.137. The van der Waals surface area contributed by atoms with Gasteiger partial charge in [0.1, 0.15) is 11.5 Å². The molecule has 2 heterocycles. The van der Waals surface area contributed by atoms with E-state index in [-0.39, 0.29) is 6.54 Å². The van der Waals surface area contributed by atoms with Crippen LogP contribution in [0.15, 0.2) is 77.9 Å². The normalized spacial score (nSPS) is 13.2. The van der Waals surface area contributed by atoms with Gasteiger partial charge in [-0.1, -0.05) is 54.1 Å². The molecule has 9 heteroatoms. The summed E-state index contributed by atoms with van der Waals surface area (Å²) in [7, 11) is 0. The number of hydrogen-bond acceptors (Lipinski definition) is 4. The van der Waals surface area contributed by atoms with Gasteiger partial charge in [0, 0.05) is 16.1 Å². The van der Waals surface area contributed by atoms with Gasteiger partial charge < -0.3 is 0 Å². The van der Waals surface area contributed by atoms with Gasteiger partial charge in [-0.05, 0) is 42.8 Å². The molecule has 0 spiro atoms. The number of rotatable bonds is 3. The van der Waals surface area contributed by atoms with Gasteiger partial charge in [-0.25, -0.2) is 5.01 Å². The van der Waals surface area contributed by atoms with E-state index in [2.05, 4.69) is 10.2 Å². The number of fused-ring (bicyclic) bond motifs is 3. The maximum atomic E-state index is 13.3. The molecule has 5 nitrogen and oxygen atoms in total. The summed E-state index contributed by atoms with van der Waals surface area (Å²) >= 11 is 6.08. The molecule has 0 aliphatic carbocycles. The van der Waals surface area contributed by atoms with Crippen LogP contribution in [0.4, 0.5) is 19.1 Å². The molecule has 0 atom stereocenters. The minimum Gasteiger partial charge on any atom is -0.263 e. The maximum absolute atomic E-state index is 13.3. The van der Waals surface area contributed by atoms with Crippen LogP contribution in [0.1, 0.15) is 28.1 Å². The lowest BCUT2D eigenvalue weighted by Crippen LogP contribution is -2.21. The van der Waals surface area contributed by atoms with Crippen LogP contribution in [-0.4, -0.2) is 20.5 Å². The van der Waals surface area contributed by atoms with Crippen molar-refractivity contribution < 1.29 is 13.2 Å². The van der Waals surface area contributed by atoms with Crippen molar-refractivity contribution in [3.8, 4) is 5.69 Å². The third-order valence-electron chi connectivity index (χ3n) is 5.36. The van der Waals surface area contributed by atoms with Gasteiger partial charge in [-0.2, -0.15) is 18.3 Å². The van der Waals surface area contributed by atoms with Gasteiger partial charge in [-0.3, -0.25) is 4.57 Å². The van der Waals surface area contributed by atoms with Crippen molar-refractivity contribution in [1.29, 1.82) is 0 Å². The second-order valence-corrected chi connectivity index (χ2v) is 8.05. The molecule has 166 valence electrons. The van der Waals surface area contributed by atoms with Gasteiger partial charge in [0.2, 0.25) is 0 Å². The summed E-state index contributed by atoms with van der Waals surface area (Å²) in [6.07, 6.45) is -4.43. The topological polar surface area (TPSA) is 46.3 Å². The third kappa shape index (κ3) is 3.98. The van der Waals surface area contributed by atoms with Crippen molar-refractivity contribution in [3.05, 3.63) is 106 Å². The zero-order valence-corrected chi connectivity index (χ0v) is 18.1. The van der Waals surface area contributed by atoms with E-state index in [9.17, 15) is 13.2 Å². The number of alkyl halides is 3. The van der Waals surface area contributed by atoms with E-state index in [0.717, 1.165) is 28.9 Å². The van der Waals surface area contributed by atoms with E-state index in [1.54, 1.807) is 23.2 Å². The first-order chi connectivity index (χ1) is 15.8.